The summed E-state index contributed by atoms with van der Waals surface area (Å²) >= 11 is 0. The fourth-order valence-corrected chi connectivity index (χ4v) is 2.30. The van der Waals surface area contributed by atoms with E-state index < -0.39 is 23.6 Å². The lowest BCUT2D eigenvalue weighted by atomic mass is 9.95. The highest BCUT2D eigenvalue weighted by atomic mass is 16.5. The molecule has 21 heavy (non-hydrogen) atoms. The smallest absolute Gasteiger partial charge is 0.331 e. The van der Waals surface area contributed by atoms with Crippen LogP contribution >= 0.6 is 0 Å². The number of carbonyl (C=O) groups excluding carboxylic acids is 1. The number of aromatic nitrogens is 2. The maximum atomic E-state index is 12.1. The van der Waals surface area contributed by atoms with Crippen molar-refractivity contribution >= 4 is 12.0 Å². The highest BCUT2D eigenvalue weighted by molar-refractivity contribution is 5.83. The van der Waals surface area contributed by atoms with Crippen molar-refractivity contribution in [2.24, 2.45) is 7.05 Å². The molecule has 2 heterocycles. The zero-order valence-corrected chi connectivity index (χ0v) is 12.3. The molecule has 1 aromatic heterocycles. The predicted octanol–water partition coefficient (Wildman–Crippen LogP) is 0.413. The van der Waals surface area contributed by atoms with Crippen LogP contribution in [0.15, 0.2) is 12.4 Å². The maximum absolute atomic E-state index is 12.1. The number of aryl methyl sites for hydroxylation is 1. The molecule has 1 saturated heterocycles. The van der Waals surface area contributed by atoms with Crippen molar-refractivity contribution in [2.45, 2.75) is 38.0 Å². The van der Waals surface area contributed by atoms with Crippen LogP contribution in [0, 0.1) is 0 Å². The Morgan fingerprint density at radius 1 is 1.62 bits per heavy atom. The van der Waals surface area contributed by atoms with E-state index in [1.54, 1.807) is 13.2 Å². The number of hydrogen-bond donors (Lipinski definition) is 3. The Hall–Kier alpha value is -2.09. The van der Waals surface area contributed by atoms with Crippen molar-refractivity contribution in [1.82, 2.24) is 20.4 Å². The first-order valence-electron chi connectivity index (χ1n) is 6.73. The summed E-state index contributed by atoms with van der Waals surface area (Å²) in [5.41, 5.74) is -0.0803. The molecule has 0 radical (unpaired) electrons. The minimum atomic E-state index is -1.14. The van der Waals surface area contributed by atoms with Gasteiger partial charge < -0.3 is 20.5 Å². The van der Waals surface area contributed by atoms with Gasteiger partial charge in [-0.25, -0.2) is 9.59 Å². The normalized spacial score (nSPS) is 26.3. The average Bonchev–Trinajstić information content (AvgIpc) is 2.94. The van der Waals surface area contributed by atoms with Gasteiger partial charge in [0.1, 0.15) is 0 Å². The predicted molar refractivity (Wildman–Crippen MR) is 73.7 cm³/mol. The fourth-order valence-electron chi connectivity index (χ4n) is 2.30. The van der Waals surface area contributed by atoms with Crippen LogP contribution in [0.2, 0.25) is 0 Å². The Morgan fingerprint density at radius 2 is 2.33 bits per heavy atom. The lowest BCUT2D eigenvalue weighted by molar-refractivity contribution is -0.139. The van der Waals surface area contributed by atoms with Gasteiger partial charge >= 0.3 is 12.0 Å². The topological polar surface area (TPSA) is 105 Å². The molecule has 8 heteroatoms. The molecule has 2 rings (SSSR count). The summed E-state index contributed by atoms with van der Waals surface area (Å²) in [6.07, 6.45) is 3.54. The minimum Gasteiger partial charge on any atom is -0.479 e. The molecule has 1 fully saturated rings. The summed E-state index contributed by atoms with van der Waals surface area (Å²) in [5, 5.41) is 18.4. The van der Waals surface area contributed by atoms with Gasteiger partial charge in [-0.2, -0.15) is 5.10 Å². The number of urea groups is 1. The van der Waals surface area contributed by atoms with Crippen molar-refractivity contribution in [3.05, 3.63) is 18.0 Å². The first kappa shape index (κ1) is 15.3. The maximum Gasteiger partial charge on any atom is 0.331 e. The highest BCUT2D eigenvalue weighted by Gasteiger charge is 2.39. The lowest BCUT2D eigenvalue weighted by Crippen LogP contribution is -2.55. The third-order valence-electron chi connectivity index (χ3n) is 3.87. The number of carboxylic acid groups (broad SMARTS) is 1. The van der Waals surface area contributed by atoms with Crippen molar-refractivity contribution in [1.29, 1.82) is 0 Å². The van der Waals surface area contributed by atoms with Crippen LogP contribution in [0.3, 0.4) is 0 Å². The molecule has 0 aromatic carbocycles. The number of carboxylic acids is 1. The monoisotopic (exact) mass is 296 g/mol. The number of hydrogen-bond acceptors (Lipinski definition) is 4. The summed E-state index contributed by atoms with van der Waals surface area (Å²) in [7, 11) is 1.68. The summed E-state index contributed by atoms with van der Waals surface area (Å²) in [4.78, 5) is 23.4. The number of carbonyl (C=O) groups is 2. The lowest BCUT2D eigenvalue weighted by Gasteiger charge is -2.29. The fraction of sp³-hybridized carbons (Fsp3) is 0.615. The van der Waals surface area contributed by atoms with E-state index in [4.69, 9.17) is 4.74 Å². The van der Waals surface area contributed by atoms with Crippen LogP contribution in [0.5, 0.6) is 0 Å². The molecule has 0 aliphatic carbocycles. The molecular formula is C13H20N4O4. The molecule has 1 aliphatic rings. The largest absolute Gasteiger partial charge is 0.479 e. The zero-order valence-electron chi connectivity index (χ0n) is 12.3. The second kappa shape index (κ2) is 5.72. The van der Waals surface area contributed by atoms with E-state index >= 15 is 0 Å². The second-order valence-corrected chi connectivity index (χ2v) is 5.50. The molecule has 3 unspecified atom stereocenters. The summed E-state index contributed by atoms with van der Waals surface area (Å²) < 4.78 is 6.92. The van der Waals surface area contributed by atoms with Crippen LogP contribution in [-0.2, 0) is 16.6 Å². The second-order valence-electron chi connectivity index (χ2n) is 5.50. The molecule has 0 bridgehead atoms. The van der Waals surface area contributed by atoms with Gasteiger partial charge in [-0.1, -0.05) is 0 Å². The Labute approximate surface area is 122 Å². The molecular weight excluding hydrogens is 276 g/mol. The number of amides is 2. The van der Waals surface area contributed by atoms with Crippen LogP contribution in [0.1, 0.15) is 31.9 Å². The van der Waals surface area contributed by atoms with Crippen molar-refractivity contribution < 1.29 is 19.4 Å². The van der Waals surface area contributed by atoms with Crippen LogP contribution in [-0.4, -0.2) is 45.1 Å². The molecule has 0 saturated carbocycles. The quantitative estimate of drug-likeness (QED) is 0.746. The zero-order chi connectivity index (χ0) is 15.6. The number of aliphatic carboxylic acids is 1. The van der Waals surface area contributed by atoms with E-state index in [-0.39, 0.29) is 6.10 Å². The van der Waals surface area contributed by atoms with E-state index in [0.29, 0.717) is 18.6 Å². The Kier molecular flexibility index (Phi) is 4.17. The van der Waals surface area contributed by atoms with Crippen molar-refractivity contribution in [2.75, 3.05) is 6.61 Å². The number of rotatable bonds is 4. The van der Waals surface area contributed by atoms with Crippen LogP contribution in [0.4, 0.5) is 4.79 Å². The number of ether oxygens (including phenoxy) is 1. The van der Waals surface area contributed by atoms with Gasteiger partial charge in [0.15, 0.2) is 6.04 Å². The minimum absolute atomic E-state index is 0.120. The number of nitrogens with zero attached hydrogens (tertiary/aromatic N) is 2. The molecule has 0 spiro atoms. The van der Waals surface area contributed by atoms with Gasteiger partial charge in [0.25, 0.3) is 0 Å². The average molecular weight is 296 g/mol. The van der Waals surface area contributed by atoms with E-state index in [9.17, 15) is 14.7 Å². The summed E-state index contributed by atoms with van der Waals surface area (Å²) in [6, 6.07) is -1.67. The molecule has 3 N–H and O–H groups in total. The summed E-state index contributed by atoms with van der Waals surface area (Å²) in [6.45, 7) is 4.33. The van der Waals surface area contributed by atoms with E-state index in [0.717, 1.165) is 0 Å². The SMILES string of the molecule is CC1OCCC1(C)NC(=O)NC(C(=O)O)c1cnn(C)c1. The Balaban J connectivity index is 2.04. The van der Waals surface area contributed by atoms with E-state index in [1.807, 2.05) is 13.8 Å². The van der Waals surface area contributed by atoms with Gasteiger partial charge in [-0.3, -0.25) is 4.68 Å². The first-order chi connectivity index (χ1) is 9.82. The van der Waals surface area contributed by atoms with Gasteiger partial charge in [0.05, 0.1) is 17.8 Å². The summed E-state index contributed by atoms with van der Waals surface area (Å²) in [5.74, 6) is -1.14. The molecule has 3 atom stereocenters. The molecule has 1 aliphatic heterocycles. The van der Waals surface area contributed by atoms with Crippen LogP contribution in [0.25, 0.3) is 0 Å². The first-order valence-corrected chi connectivity index (χ1v) is 6.73. The molecule has 8 nitrogen and oxygen atoms in total. The van der Waals surface area contributed by atoms with Gasteiger partial charge in [-0.05, 0) is 20.3 Å². The standard InChI is InChI=1S/C13H20N4O4/c1-8-13(2,4-5-21-8)16-12(20)15-10(11(18)19)9-6-14-17(3)7-9/h6-8,10H,4-5H2,1-3H3,(H,18,19)(H2,15,16,20). The van der Waals surface area contributed by atoms with Crippen molar-refractivity contribution in [3.63, 3.8) is 0 Å². The third kappa shape index (κ3) is 3.33. The molecule has 2 amide bonds. The van der Waals surface area contributed by atoms with Gasteiger partial charge in [-0.15, -0.1) is 0 Å². The van der Waals surface area contributed by atoms with Gasteiger partial charge in [0, 0.05) is 25.4 Å². The van der Waals surface area contributed by atoms with E-state index in [2.05, 4.69) is 15.7 Å². The van der Waals surface area contributed by atoms with Gasteiger partial charge in [0.2, 0.25) is 0 Å². The van der Waals surface area contributed by atoms with Crippen LogP contribution < -0.4 is 10.6 Å². The molecule has 1 aromatic rings. The Bertz CT molecular complexity index is 544. The van der Waals surface area contributed by atoms with E-state index in [1.165, 1.54) is 10.9 Å². The Morgan fingerprint density at radius 3 is 2.81 bits per heavy atom. The molecule has 116 valence electrons. The third-order valence-corrected chi connectivity index (χ3v) is 3.87. The number of nitrogens with one attached hydrogen (secondary N) is 2. The highest BCUT2D eigenvalue weighted by Crippen LogP contribution is 2.25. The van der Waals surface area contributed by atoms with Crippen molar-refractivity contribution in [3.8, 4) is 0 Å².